The summed E-state index contributed by atoms with van der Waals surface area (Å²) in [5.41, 5.74) is 1.90. The van der Waals surface area contributed by atoms with E-state index >= 15 is 0 Å². The second kappa shape index (κ2) is 7.51. The van der Waals surface area contributed by atoms with Crippen LogP contribution in [0.2, 0.25) is 0 Å². The van der Waals surface area contributed by atoms with Gasteiger partial charge in [0.2, 0.25) is 11.8 Å². The summed E-state index contributed by atoms with van der Waals surface area (Å²) in [6.45, 7) is 1.52. The van der Waals surface area contributed by atoms with E-state index in [-0.39, 0.29) is 42.0 Å². The Morgan fingerprint density at radius 2 is 2.00 bits per heavy atom. The first-order valence-corrected chi connectivity index (χ1v) is 10.4. The lowest BCUT2D eigenvalue weighted by Crippen LogP contribution is -2.42. The number of aryl methyl sites for hydroxylation is 1. The summed E-state index contributed by atoms with van der Waals surface area (Å²) in [6, 6.07) is 6.69. The van der Waals surface area contributed by atoms with Crippen molar-refractivity contribution >= 4 is 32.6 Å². The average molecular weight is 391 g/mol. The molecule has 9 heteroatoms. The predicted molar refractivity (Wildman–Crippen MR) is 101 cm³/mol. The third kappa shape index (κ3) is 4.94. The summed E-state index contributed by atoms with van der Waals surface area (Å²) in [5, 5.41) is 5.99. The molecular formula is C18H21N3O5S. The zero-order chi connectivity index (χ0) is 19.6. The summed E-state index contributed by atoms with van der Waals surface area (Å²) < 4.78 is 22.8. The third-order valence-corrected chi connectivity index (χ3v) is 6.27. The van der Waals surface area contributed by atoms with Gasteiger partial charge in [-0.15, -0.1) is 0 Å². The first kappa shape index (κ1) is 19.1. The van der Waals surface area contributed by atoms with Gasteiger partial charge in [0.05, 0.1) is 24.5 Å². The minimum absolute atomic E-state index is 0.0503. The van der Waals surface area contributed by atoms with Gasteiger partial charge in [0.15, 0.2) is 9.84 Å². The third-order valence-electron chi connectivity index (χ3n) is 4.50. The van der Waals surface area contributed by atoms with Gasteiger partial charge >= 0.3 is 0 Å². The van der Waals surface area contributed by atoms with Crippen molar-refractivity contribution in [2.24, 2.45) is 0 Å². The van der Waals surface area contributed by atoms with Crippen LogP contribution in [0, 0.1) is 6.92 Å². The highest BCUT2D eigenvalue weighted by Gasteiger charge is 2.28. The van der Waals surface area contributed by atoms with Gasteiger partial charge in [0, 0.05) is 17.1 Å². The monoisotopic (exact) mass is 391 g/mol. The summed E-state index contributed by atoms with van der Waals surface area (Å²) in [4.78, 5) is 38.3. The smallest absolute Gasteiger partial charge is 0.251 e. The number of pyridine rings is 1. The van der Waals surface area contributed by atoms with Crippen LogP contribution < -0.4 is 16.2 Å². The Hall–Kier alpha value is -2.68. The summed E-state index contributed by atoms with van der Waals surface area (Å²) in [5.74, 6) is -0.690. The Labute approximate surface area is 156 Å². The Morgan fingerprint density at radius 1 is 1.22 bits per heavy atom. The molecule has 144 valence electrons. The van der Waals surface area contributed by atoms with Crippen LogP contribution in [0.4, 0.5) is 0 Å². The number of rotatable bonds is 5. The number of amides is 2. The Balaban J connectivity index is 1.53. The first-order valence-electron chi connectivity index (χ1n) is 8.61. The van der Waals surface area contributed by atoms with E-state index in [1.165, 1.54) is 0 Å². The highest BCUT2D eigenvalue weighted by molar-refractivity contribution is 7.91. The van der Waals surface area contributed by atoms with E-state index in [4.69, 9.17) is 0 Å². The minimum atomic E-state index is -3.06. The number of H-pyrrole nitrogens is 1. The summed E-state index contributed by atoms with van der Waals surface area (Å²) >= 11 is 0. The fourth-order valence-electron chi connectivity index (χ4n) is 3.09. The predicted octanol–water partition coefficient (Wildman–Crippen LogP) is -0.201. The summed E-state index contributed by atoms with van der Waals surface area (Å²) in [6.07, 6.45) is 0.500. The number of nitrogens with one attached hydrogen (secondary N) is 3. The van der Waals surface area contributed by atoms with Gasteiger partial charge < -0.3 is 15.6 Å². The number of fused-ring (bicyclic) bond motifs is 1. The van der Waals surface area contributed by atoms with Crippen LogP contribution in [0.5, 0.6) is 0 Å². The van der Waals surface area contributed by atoms with Gasteiger partial charge in [-0.05, 0) is 42.5 Å². The molecular weight excluding hydrogens is 370 g/mol. The highest BCUT2D eigenvalue weighted by Crippen LogP contribution is 2.14. The fraction of sp³-hybridized carbons (Fsp3) is 0.389. The molecule has 8 nitrogen and oxygen atoms in total. The zero-order valence-corrected chi connectivity index (χ0v) is 15.7. The van der Waals surface area contributed by atoms with Crippen molar-refractivity contribution in [3.63, 3.8) is 0 Å². The Morgan fingerprint density at radius 3 is 2.70 bits per heavy atom. The highest BCUT2D eigenvalue weighted by atomic mass is 32.2. The molecule has 0 bridgehead atoms. The molecule has 2 heterocycles. The van der Waals surface area contributed by atoms with E-state index in [0.29, 0.717) is 17.5 Å². The molecule has 3 rings (SSSR count). The molecule has 0 spiro atoms. The molecule has 0 radical (unpaired) electrons. The molecule has 1 saturated heterocycles. The number of hydrogen-bond acceptors (Lipinski definition) is 5. The maximum Gasteiger partial charge on any atom is 0.251 e. The standard InChI is InChI=1S/C18H21N3O5S/c1-11-6-13-7-12(2-3-15(13)21-18(11)24)8-16(22)19-9-17(23)20-14-4-5-27(25,26)10-14/h2-3,6-7,14H,4-5,8-10H2,1H3,(H,19,22)(H,20,23)(H,21,24). The van der Waals surface area contributed by atoms with Gasteiger partial charge in [-0.2, -0.15) is 0 Å². The van der Waals surface area contributed by atoms with Crippen LogP contribution >= 0.6 is 0 Å². The number of carbonyl (C=O) groups excluding carboxylic acids is 2. The van der Waals surface area contributed by atoms with Crippen LogP contribution in [-0.4, -0.2) is 49.3 Å². The Bertz CT molecular complexity index is 1060. The van der Waals surface area contributed by atoms with E-state index in [0.717, 1.165) is 10.9 Å². The number of aromatic nitrogens is 1. The van der Waals surface area contributed by atoms with Crippen molar-refractivity contribution in [3.8, 4) is 0 Å². The number of hydrogen-bond donors (Lipinski definition) is 3. The lowest BCUT2D eigenvalue weighted by Gasteiger charge is -2.11. The molecule has 2 amide bonds. The van der Waals surface area contributed by atoms with E-state index in [1.54, 1.807) is 25.1 Å². The zero-order valence-electron chi connectivity index (χ0n) is 14.9. The van der Waals surface area contributed by atoms with Gasteiger partial charge in [-0.1, -0.05) is 6.07 Å². The molecule has 1 aliphatic heterocycles. The van der Waals surface area contributed by atoms with Gasteiger partial charge in [0.1, 0.15) is 0 Å². The van der Waals surface area contributed by atoms with Crippen molar-refractivity contribution in [1.82, 2.24) is 15.6 Å². The largest absolute Gasteiger partial charge is 0.351 e. The maximum absolute atomic E-state index is 12.1. The number of carbonyl (C=O) groups is 2. The minimum Gasteiger partial charge on any atom is -0.351 e. The fourth-order valence-corrected chi connectivity index (χ4v) is 4.76. The molecule has 2 aromatic rings. The van der Waals surface area contributed by atoms with E-state index < -0.39 is 15.7 Å². The molecule has 1 aliphatic rings. The first-order chi connectivity index (χ1) is 12.7. The lowest BCUT2D eigenvalue weighted by molar-refractivity contribution is -0.126. The number of sulfone groups is 1. The van der Waals surface area contributed by atoms with Gasteiger partial charge in [-0.25, -0.2) is 8.42 Å². The van der Waals surface area contributed by atoms with Crippen LogP contribution in [-0.2, 0) is 25.8 Å². The lowest BCUT2D eigenvalue weighted by atomic mass is 10.1. The quantitative estimate of drug-likeness (QED) is 0.651. The van der Waals surface area contributed by atoms with Crippen LogP contribution in [0.15, 0.2) is 29.1 Å². The molecule has 1 aromatic heterocycles. The van der Waals surface area contributed by atoms with Crippen molar-refractivity contribution < 1.29 is 18.0 Å². The topological polar surface area (TPSA) is 125 Å². The average Bonchev–Trinajstić information content (AvgIpc) is 2.93. The maximum atomic E-state index is 12.1. The Kier molecular flexibility index (Phi) is 5.31. The van der Waals surface area contributed by atoms with Crippen molar-refractivity contribution in [2.45, 2.75) is 25.8 Å². The van der Waals surface area contributed by atoms with Crippen molar-refractivity contribution in [2.75, 3.05) is 18.1 Å². The van der Waals surface area contributed by atoms with Gasteiger partial charge in [0.25, 0.3) is 5.56 Å². The number of benzene rings is 1. The number of aromatic amines is 1. The molecule has 0 saturated carbocycles. The molecule has 0 aliphatic carbocycles. The molecule has 1 atom stereocenters. The van der Waals surface area contributed by atoms with Gasteiger partial charge in [-0.3, -0.25) is 14.4 Å². The van der Waals surface area contributed by atoms with Crippen LogP contribution in [0.3, 0.4) is 0 Å². The van der Waals surface area contributed by atoms with E-state index in [2.05, 4.69) is 15.6 Å². The SMILES string of the molecule is Cc1cc2cc(CC(=O)NCC(=O)NC3CCS(=O)(=O)C3)ccc2[nH]c1=O. The van der Waals surface area contributed by atoms with E-state index in [9.17, 15) is 22.8 Å². The van der Waals surface area contributed by atoms with Crippen LogP contribution in [0.1, 0.15) is 17.5 Å². The summed E-state index contributed by atoms with van der Waals surface area (Å²) in [7, 11) is -3.06. The van der Waals surface area contributed by atoms with Crippen molar-refractivity contribution in [3.05, 3.63) is 45.7 Å². The second-order valence-corrected chi connectivity index (χ2v) is 9.05. The molecule has 1 unspecified atom stereocenters. The normalized spacial score (nSPS) is 18.3. The molecule has 1 fully saturated rings. The second-order valence-electron chi connectivity index (χ2n) is 6.82. The molecule has 3 N–H and O–H groups in total. The molecule has 1 aromatic carbocycles. The van der Waals surface area contributed by atoms with E-state index in [1.807, 2.05) is 6.07 Å². The molecule has 27 heavy (non-hydrogen) atoms. The van der Waals surface area contributed by atoms with Crippen LogP contribution in [0.25, 0.3) is 10.9 Å². The van der Waals surface area contributed by atoms with Crippen molar-refractivity contribution in [1.29, 1.82) is 0 Å².